The number of thioether (sulfide) groups is 1. The van der Waals surface area contributed by atoms with Crippen LogP contribution in [0, 0.1) is 6.92 Å². The van der Waals surface area contributed by atoms with Crippen LogP contribution in [0.5, 0.6) is 5.75 Å². The van der Waals surface area contributed by atoms with Gasteiger partial charge in [0.1, 0.15) is 12.1 Å². The topological polar surface area (TPSA) is 84.6 Å². The van der Waals surface area contributed by atoms with Crippen LogP contribution >= 0.6 is 11.8 Å². The SMILES string of the molecule is Cc1ccc(C(C)C)c(N2C(=NC(=O)NCCc3ccc(-c4ncn(-c5ccc(OC(F)(F)F)cc5)n4)cc3)SCC2C)c1. The second-order valence-electron chi connectivity index (χ2n) is 10.9. The van der Waals surface area contributed by atoms with Crippen molar-refractivity contribution in [2.24, 2.45) is 4.99 Å². The summed E-state index contributed by atoms with van der Waals surface area (Å²) in [6, 6.07) is 19.4. The Kier molecular flexibility index (Phi) is 9.28. The third-order valence-corrected chi connectivity index (χ3v) is 8.29. The maximum atomic E-state index is 12.8. The first kappa shape index (κ1) is 31.1. The van der Waals surface area contributed by atoms with E-state index in [1.807, 2.05) is 24.3 Å². The fourth-order valence-corrected chi connectivity index (χ4v) is 5.99. The van der Waals surface area contributed by atoms with E-state index in [0.29, 0.717) is 35.6 Å². The molecule has 8 nitrogen and oxygen atoms in total. The highest BCUT2D eigenvalue weighted by Gasteiger charge is 2.32. The zero-order valence-electron chi connectivity index (χ0n) is 24.8. The van der Waals surface area contributed by atoms with Crippen molar-refractivity contribution in [1.82, 2.24) is 20.1 Å². The average Bonchev–Trinajstić information content (AvgIpc) is 3.60. The van der Waals surface area contributed by atoms with Crippen LogP contribution in [-0.2, 0) is 6.42 Å². The molecule has 1 fully saturated rings. The number of hydrogen-bond acceptors (Lipinski definition) is 5. The number of anilines is 1. The minimum Gasteiger partial charge on any atom is -0.406 e. The van der Waals surface area contributed by atoms with E-state index in [9.17, 15) is 18.0 Å². The smallest absolute Gasteiger partial charge is 0.406 e. The molecule has 44 heavy (non-hydrogen) atoms. The van der Waals surface area contributed by atoms with E-state index in [1.54, 1.807) is 11.8 Å². The van der Waals surface area contributed by atoms with Gasteiger partial charge in [0.25, 0.3) is 0 Å². The van der Waals surface area contributed by atoms with Crippen LogP contribution in [0.1, 0.15) is 43.4 Å². The molecule has 3 aromatic carbocycles. The molecule has 2 heterocycles. The van der Waals surface area contributed by atoms with Crippen molar-refractivity contribution in [1.29, 1.82) is 0 Å². The van der Waals surface area contributed by atoms with Crippen molar-refractivity contribution < 1.29 is 22.7 Å². The molecule has 0 radical (unpaired) electrons. The first-order valence-electron chi connectivity index (χ1n) is 14.2. The van der Waals surface area contributed by atoms with E-state index in [1.165, 1.54) is 46.4 Å². The Morgan fingerprint density at radius 2 is 1.84 bits per heavy atom. The lowest BCUT2D eigenvalue weighted by Crippen LogP contribution is -2.34. The van der Waals surface area contributed by atoms with Gasteiger partial charge in [-0.15, -0.1) is 18.3 Å². The van der Waals surface area contributed by atoms with Gasteiger partial charge in [0.05, 0.1) is 5.69 Å². The number of urea groups is 1. The molecule has 1 aliphatic heterocycles. The standard InChI is InChI=1S/C32H33F3N6O2S/c1-20(2)27-14-5-21(3)17-28(27)41-22(4)18-44-31(41)38-30(42)36-16-15-23-6-8-24(9-7-23)29-37-19-40(39-29)25-10-12-26(13-11-25)43-32(33,34)35/h5-14,17,19-20,22H,15-16,18H2,1-4H3,(H,36,42). The summed E-state index contributed by atoms with van der Waals surface area (Å²) in [6.07, 6.45) is -2.63. The van der Waals surface area contributed by atoms with Gasteiger partial charge >= 0.3 is 12.4 Å². The van der Waals surface area contributed by atoms with Gasteiger partial charge < -0.3 is 15.0 Å². The largest absolute Gasteiger partial charge is 0.573 e. The number of amides is 2. The zero-order valence-corrected chi connectivity index (χ0v) is 25.6. The number of carbonyl (C=O) groups is 1. The molecule has 1 aromatic heterocycles. The number of hydrogen-bond donors (Lipinski definition) is 1. The summed E-state index contributed by atoms with van der Waals surface area (Å²) < 4.78 is 42.6. The minimum absolute atomic E-state index is 0.226. The third-order valence-electron chi connectivity index (χ3n) is 7.09. The molecule has 4 aromatic rings. The predicted molar refractivity (Wildman–Crippen MR) is 168 cm³/mol. The molecule has 5 rings (SSSR count). The first-order chi connectivity index (χ1) is 21.0. The zero-order chi connectivity index (χ0) is 31.4. The molecule has 1 atom stereocenters. The van der Waals surface area contributed by atoms with Gasteiger partial charge in [0.15, 0.2) is 11.0 Å². The summed E-state index contributed by atoms with van der Waals surface area (Å²) >= 11 is 1.60. The highest BCUT2D eigenvalue weighted by atomic mass is 32.2. The second kappa shape index (κ2) is 13.1. The van der Waals surface area contributed by atoms with E-state index in [-0.39, 0.29) is 17.8 Å². The molecule has 0 aliphatic carbocycles. The Hall–Kier alpha value is -4.32. The van der Waals surface area contributed by atoms with Crippen LogP contribution in [0.15, 0.2) is 78.0 Å². The van der Waals surface area contributed by atoms with E-state index in [0.717, 1.165) is 22.6 Å². The lowest BCUT2D eigenvalue weighted by Gasteiger charge is -2.27. The van der Waals surface area contributed by atoms with Crippen LogP contribution in [0.25, 0.3) is 17.1 Å². The summed E-state index contributed by atoms with van der Waals surface area (Å²) in [7, 11) is 0. The summed E-state index contributed by atoms with van der Waals surface area (Å²) in [5, 5.41) is 8.06. The Balaban J connectivity index is 1.17. The maximum Gasteiger partial charge on any atom is 0.573 e. The minimum atomic E-state index is -4.75. The van der Waals surface area contributed by atoms with Crippen LogP contribution in [0.2, 0.25) is 0 Å². The number of nitrogens with zero attached hydrogens (tertiary/aromatic N) is 5. The molecule has 12 heteroatoms. The van der Waals surface area contributed by atoms with Gasteiger partial charge in [0.2, 0.25) is 0 Å². The first-order valence-corrected chi connectivity index (χ1v) is 15.2. The molecule has 1 aliphatic rings. The Morgan fingerprint density at radius 1 is 1.11 bits per heavy atom. The molecule has 0 bridgehead atoms. The van der Waals surface area contributed by atoms with E-state index in [4.69, 9.17) is 0 Å². The number of amidine groups is 1. The number of aromatic nitrogens is 3. The number of alkyl halides is 3. The van der Waals surface area contributed by atoms with Gasteiger partial charge in [-0.3, -0.25) is 0 Å². The van der Waals surface area contributed by atoms with Gasteiger partial charge in [-0.1, -0.05) is 62.0 Å². The van der Waals surface area contributed by atoms with E-state index >= 15 is 0 Å². The highest BCUT2D eigenvalue weighted by Crippen LogP contribution is 2.36. The predicted octanol–water partition coefficient (Wildman–Crippen LogP) is 7.51. The number of aryl methyl sites for hydroxylation is 1. The van der Waals surface area contributed by atoms with Crippen molar-refractivity contribution in [3.8, 4) is 22.8 Å². The van der Waals surface area contributed by atoms with Crippen molar-refractivity contribution in [3.63, 3.8) is 0 Å². The van der Waals surface area contributed by atoms with Crippen molar-refractivity contribution in [2.45, 2.75) is 52.4 Å². The number of rotatable bonds is 8. The van der Waals surface area contributed by atoms with Gasteiger partial charge in [0, 0.05) is 29.6 Å². The van der Waals surface area contributed by atoms with Crippen LogP contribution in [-0.4, -0.2) is 50.7 Å². The Labute approximate surface area is 258 Å². The average molecular weight is 623 g/mol. The quantitative estimate of drug-likeness (QED) is 0.219. The number of ether oxygens (including phenoxy) is 1. The van der Waals surface area contributed by atoms with E-state index < -0.39 is 6.36 Å². The van der Waals surface area contributed by atoms with Crippen LogP contribution in [0.4, 0.5) is 23.7 Å². The number of halogens is 3. The summed E-state index contributed by atoms with van der Waals surface area (Å²) in [4.78, 5) is 23.7. The number of aliphatic imine (C=N–C) groups is 1. The van der Waals surface area contributed by atoms with Gasteiger partial charge in [-0.05, 0) is 73.2 Å². The molecule has 1 unspecified atom stereocenters. The van der Waals surface area contributed by atoms with Crippen LogP contribution in [0.3, 0.4) is 0 Å². The Bertz CT molecular complexity index is 1640. The summed E-state index contributed by atoms with van der Waals surface area (Å²) in [5.41, 5.74) is 5.86. The maximum absolute atomic E-state index is 12.8. The molecule has 1 saturated heterocycles. The lowest BCUT2D eigenvalue weighted by atomic mass is 9.98. The molecular weight excluding hydrogens is 589 g/mol. The summed E-state index contributed by atoms with van der Waals surface area (Å²) in [5.74, 6) is 1.37. The molecule has 2 amide bonds. The Morgan fingerprint density at radius 3 is 2.52 bits per heavy atom. The normalized spacial score (nSPS) is 16.1. The molecule has 230 valence electrons. The number of nitrogens with one attached hydrogen (secondary N) is 1. The highest BCUT2D eigenvalue weighted by molar-refractivity contribution is 8.14. The van der Waals surface area contributed by atoms with Gasteiger partial charge in [-0.2, -0.15) is 4.99 Å². The third kappa shape index (κ3) is 7.60. The van der Waals surface area contributed by atoms with Crippen LogP contribution < -0.4 is 15.0 Å². The fraction of sp³-hybridized carbons (Fsp3) is 0.312. The lowest BCUT2D eigenvalue weighted by molar-refractivity contribution is -0.274. The monoisotopic (exact) mass is 622 g/mol. The second-order valence-corrected chi connectivity index (χ2v) is 11.9. The molecule has 0 spiro atoms. The molecular formula is C32H33F3N6O2S. The molecule has 0 saturated carbocycles. The number of benzene rings is 3. The summed E-state index contributed by atoms with van der Waals surface area (Å²) in [6.45, 7) is 8.99. The number of carbonyl (C=O) groups excluding carboxylic acids is 1. The van der Waals surface area contributed by atoms with Gasteiger partial charge in [-0.25, -0.2) is 14.5 Å². The fourth-order valence-electron chi connectivity index (χ4n) is 4.89. The van der Waals surface area contributed by atoms with Crippen molar-refractivity contribution in [3.05, 3.63) is 89.7 Å². The van der Waals surface area contributed by atoms with E-state index in [2.05, 4.69) is 75.9 Å². The molecule has 1 N–H and O–H groups in total. The van der Waals surface area contributed by atoms with Crippen molar-refractivity contribution in [2.75, 3.05) is 17.2 Å². The van der Waals surface area contributed by atoms with Crippen molar-refractivity contribution >= 4 is 28.6 Å².